The van der Waals surface area contributed by atoms with E-state index in [1.165, 1.54) is 7.11 Å². The lowest BCUT2D eigenvalue weighted by atomic mass is 10.2. The quantitative estimate of drug-likeness (QED) is 0.536. The number of carboxylic acid groups (broad SMARTS) is 1. The monoisotopic (exact) mass is 229 g/mol. The highest BCUT2D eigenvalue weighted by molar-refractivity contribution is 5.93. The zero-order chi connectivity index (χ0) is 12.0. The zero-order valence-electron chi connectivity index (χ0n) is 8.51. The first-order chi connectivity index (χ1) is 7.65. The van der Waals surface area contributed by atoms with E-state index in [-0.39, 0.29) is 18.9 Å². The number of tetrazole rings is 1. The summed E-state index contributed by atoms with van der Waals surface area (Å²) >= 11 is 0. The molecule has 0 aliphatic rings. The van der Waals surface area contributed by atoms with E-state index in [1.54, 1.807) is 0 Å². The second-order valence-corrected chi connectivity index (χ2v) is 2.88. The molecule has 1 amide bonds. The molecule has 9 nitrogen and oxygen atoms in total. The van der Waals surface area contributed by atoms with Crippen molar-refractivity contribution in [3.63, 3.8) is 0 Å². The van der Waals surface area contributed by atoms with E-state index < -0.39 is 17.9 Å². The van der Waals surface area contributed by atoms with Crippen LogP contribution >= 0.6 is 0 Å². The van der Waals surface area contributed by atoms with E-state index in [1.807, 2.05) is 0 Å². The van der Waals surface area contributed by atoms with Crippen LogP contribution in [0.3, 0.4) is 0 Å². The summed E-state index contributed by atoms with van der Waals surface area (Å²) < 4.78 is 4.73. The Labute approximate surface area is 90.2 Å². The van der Waals surface area contributed by atoms with Crippen LogP contribution in [0.1, 0.15) is 17.0 Å². The number of aromatic nitrogens is 4. The molecule has 0 saturated heterocycles. The summed E-state index contributed by atoms with van der Waals surface area (Å²) in [6.07, 6.45) is 0.162. The highest BCUT2D eigenvalue weighted by Crippen LogP contribution is 1.95. The molecule has 1 atom stereocenters. The summed E-state index contributed by atoms with van der Waals surface area (Å²) in [5, 5.41) is 23.2. The first-order valence-electron chi connectivity index (χ1n) is 4.41. The van der Waals surface area contributed by atoms with Crippen molar-refractivity contribution >= 4 is 11.9 Å². The first-order valence-corrected chi connectivity index (χ1v) is 4.41. The van der Waals surface area contributed by atoms with Crippen LogP contribution in [0.15, 0.2) is 0 Å². The van der Waals surface area contributed by atoms with Crippen LogP contribution in [0, 0.1) is 0 Å². The fourth-order valence-electron chi connectivity index (χ4n) is 0.974. The van der Waals surface area contributed by atoms with Crippen molar-refractivity contribution in [3.05, 3.63) is 5.82 Å². The van der Waals surface area contributed by atoms with Crippen LogP contribution in [0.25, 0.3) is 0 Å². The summed E-state index contributed by atoms with van der Waals surface area (Å²) in [6.45, 7) is 0.226. The van der Waals surface area contributed by atoms with Crippen molar-refractivity contribution in [1.29, 1.82) is 0 Å². The molecule has 16 heavy (non-hydrogen) atoms. The number of carbonyl (C=O) groups excluding carboxylic acids is 1. The number of hydrogen-bond acceptors (Lipinski definition) is 6. The molecular formula is C7H11N5O4. The maximum Gasteiger partial charge on any atom is 0.326 e. The number of rotatable bonds is 6. The Morgan fingerprint density at radius 2 is 2.38 bits per heavy atom. The molecule has 0 radical (unpaired) electrons. The van der Waals surface area contributed by atoms with Gasteiger partial charge in [-0.15, -0.1) is 10.2 Å². The van der Waals surface area contributed by atoms with Crippen molar-refractivity contribution in [2.75, 3.05) is 13.7 Å². The number of nitrogens with zero attached hydrogens (tertiary/aromatic N) is 3. The lowest BCUT2D eigenvalue weighted by Gasteiger charge is -2.12. The Bertz CT molecular complexity index is 352. The number of nitrogens with one attached hydrogen (secondary N) is 2. The summed E-state index contributed by atoms with van der Waals surface area (Å²) in [4.78, 5) is 22.2. The van der Waals surface area contributed by atoms with E-state index in [9.17, 15) is 9.59 Å². The molecule has 9 heteroatoms. The van der Waals surface area contributed by atoms with Crippen LogP contribution in [0.5, 0.6) is 0 Å². The van der Waals surface area contributed by atoms with Crippen LogP contribution in [-0.2, 0) is 9.53 Å². The van der Waals surface area contributed by atoms with Gasteiger partial charge in [-0.1, -0.05) is 0 Å². The Morgan fingerprint density at radius 1 is 1.62 bits per heavy atom. The van der Waals surface area contributed by atoms with Gasteiger partial charge in [-0.2, -0.15) is 5.21 Å². The van der Waals surface area contributed by atoms with Crippen LogP contribution in [0.2, 0.25) is 0 Å². The average Bonchev–Trinajstić information content (AvgIpc) is 2.76. The molecule has 0 aliphatic heterocycles. The average molecular weight is 229 g/mol. The molecule has 1 aromatic rings. The third-order valence-corrected chi connectivity index (χ3v) is 1.76. The van der Waals surface area contributed by atoms with Crippen molar-refractivity contribution < 1.29 is 19.4 Å². The smallest absolute Gasteiger partial charge is 0.326 e. The highest BCUT2D eigenvalue weighted by Gasteiger charge is 2.22. The number of ether oxygens (including phenoxy) is 1. The van der Waals surface area contributed by atoms with Crippen molar-refractivity contribution in [1.82, 2.24) is 25.9 Å². The zero-order valence-corrected chi connectivity index (χ0v) is 8.51. The van der Waals surface area contributed by atoms with Gasteiger partial charge in [0, 0.05) is 20.1 Å². The fourth-order valence-corrected chi connectivity index (χ4v) is 0.974. The van der Waals surface area contributed by atoms with Gasteiger partial charge >= 0.3 is 5.97 Å². The van der Waals surface area contributed by atoms with Gasteiger partial charge in [-0.3, -0.25) is 4.79 Å². The predicted molar refractivity (Wildman–Crippen MR) is 49.6 cm³/mol. The fraction of sp³-hybridized carbons (Fsp3) is 0.571. The third-order valence-electron chi connectivity index (χ3n) is 1.76. The van der Waals surface area contributed by atoms with Crippen LogP contribution < -0.4 is 5.32 Å². The summed E-state index contributed by atoms with van der Waals surface area (Å²) in [7, 11) is 1.44. The summed E-state index contributed by atoms with van der Waals surface area (Å²) in [5.41, 5.74) is 0. The number of aromatic amines is 1. The van der Waals surface area contributed by atoms with Crippen molar-refractivity contribution in [2.24, 2.45) is 0 Å². The third kappa shape index (κ3) is 3.28. The molecule has 1 rings (SSSR count). The van der Waals surface area contributed by atoms with E-state index in [0.717, 1.165) is 0 Å². The van der Waals surface area contributed by atoms with Gasteiger partial charge in [-0.25, -0.2) is 4.79 Å². The maximum absolute atomic E-state index is 11.4. The first kappa shape index (κ1) is 12.0. The number of carbonyl (C=O) groups is 2. The molecule has 0 aromatic carbocycles. The molecule has 0 fully saturated rings. The SMILES string of the molecule is COCCC(NC(=O)c1nn[nH]n1)C(=O)O. The van der Waals surface area contributed by atoms with Gasteiger partial charge < -0.3 is 15.2 Å². The number of H-pyrrole nitrogens is 1. The van der Waals surface area contributed by atoms with E-state index in [0.29, 0.717) is 0 Å². The minimum absolute atomic E-state index is 0.162. The minimum Gasteiger partial charge on any atom is -0.480 e. The summed E-state index contributed by atoms with van der Waals surface area (Å²) in [5.74, 6) is -2.05. The molecule has 0 bridgehead atoms. The number of carboxylic acids is 1. The topological polar surface area (TPSA) is 130 Å². The second-order valence-electron chi connectivity index (χ2n) is 2.88. The van der Waals surface area contributed by atoms with E-state index in [4.69, 9.17) is 9.84 Å². The highest BCUT2D eigenvalue weighted by atomic mass is 16.5. The molecule has 1 heterocycles. The molecule has 1 aromatic heterocycles. The van der Waals surface area contributed by atoms with Gasteiger partial charge in [0.25, 0.3) is 11.7 Å². The number of hydrogen-bond donors (Lipinski definition) is 3. The van der Waals surface area contributed by atoms with E-state index >= 15 is 0 Å². The number of aliphatic carboxylic acids is 1. The Morgan fingerprint density at radius 3 is 2.88 bits per heavy atom. The van der Waals surface area contributed by atoms with Crippen LogP contribution in [-0.4, -0.2) is 57.4 Å². The molecule has 3 N–H and O–H groups in total. The van der Waals surface area contributed by atoms with Crippen molar-refractivity contribution in [3.8, 4) is 0 Å². The lowest BCUT2D eigenvalue weighted by molar-refractivity contribution is -0.139. The van der Waals surface area contributed by atoms with Gasteiger partial charge in [0.1, 0.15) is 6.04 Å². The van der Waals surface area contributed by atoms with Gasteiger partial charge in [0.15, 0.2) is 0 Å². The maximum atomic E-state index is 11.4. The molecule has 0 saturated carbocycles. The van der Waals surface area contributed by atoms with E-state index in [2.05, 4.69) is 25.9 Å². The Hall–Kier alpha value is -2.03. The predicted octanol–water partition coefficient (Wildman–Crippen LogP) is -1.58. The largest absolute Gasteiger partial charge is 0.480 e. The minimum atomic E-state index is -1.14. The lowest BCUT2D eigenvalue weighted by Crippen LogP contribution is -2.41. The standard InChI is InChI=1S/C7H11N5O4/c1-16-3-2-4(7(14)15)8-6(13)5-9-11-12-10-5/h4H,2-3H2,1H3,(H,8,13)(H,14,15)(H,9,10,11,12). The summed E-state index contributed by atoms with van der Waals surface area (Å²) in [6, 6.07) is -1.04. The normalized spacial score (nSPS) is 12.1. The number of amides is 1. The van der Waals surface area contributed by atoms with Gasteiger partial charge in [0.05, 0.1) is 0 Å². The van der Waals surface area contributed by atoms with Crippen LogP contribution in [0.4, 0.5) is 0 Å². The van der Waals surface area contributed by atoms with Gasteiger partial charge in [-0.05, 0) is 5.21 Å². The molecule has 88 valence electrons. The molecular weight excluding hydrogens is 218 g/mol. The Balaban J connectivity index is 2.54. The molecule has 1 unspecified atom stereocenters. The Kier molecular flexibility index (Phi) is 4.33. The van der Waals surface area contributed by atoms with Gasteiger partial charge in [0.2, 0.25) is 0 Å². The second kappa shape index (κ2) is 5.75. The number of methoxy groups -OCH3 is 1. The molecule has 0 aliphatic carbocycles. The van der Waals surface area contributed by atoms with Crippen molar-refractivity contribution in [2.45, 2.75) is 12.5 Å². The molecule has 0 spiro atoms.